The molecule has 0 aliphatic carbocycles. The van der Waals surface area contributed by atoms with Crippen molar-refractivity contribution in [1.82, 2.24) is 0 Å². The highest BCUT2D eigenvalue weighted by Gasteiger charge is 2.08. The number of carbonyl (C=O) groups is 1. The molecule has 0 atom stereocenters. The summed E-state index contributed by atoms with van der Waals surface area (Å²) in [6, 6.07) is 7.59. The number of benzene rings is 1. The third kappa shape index (κ3) is 4.89. The third-order valence-corrected chi connectivity index (χ3v) is 2.15. The Kier molecular flexibility index (Phi) is 5.01. The lowest BCUT2D eigenvalue weighted by Crippen LogP contribution is -2.11. The molecule has 0 aliphatic heterocycles. The van der Waals surface area contributed by atoms with Gasteiger partial charge in [-0.25, -0.2) is 0 Å². The SMILES string of the molecule is CC(C)Oc1ccc(COC(=O)C(C)C)cc1. The fraction of sp³-hybridized carbons (Fsp3) is 0.500. The van der Waals surface area contributed by atoms with E-state index < -0.39 is 0 Å². The summed E-state index contributed by atoms with van der Waals surface area (Å²) >= 11 is 0. The van der Waals surface area contributed by atoms with E-state index in [1.807, 2.05) is 52.0 Å². The topological polar surface area (TPSA) is 35.5 Å². The molecule has 0 aliphatic rings. The molecule has 0 radical (unpaired) electrons. The van der Waals surface area contributed by atoms with Crippen molar-refractivity contribution in [2.24, 2.45) is 5.92 Å². The van der Waals surface area contributed by atoms with Gasteiger partial charge < -0.3 is 9.47 Å². The van der Waals surface area contributed by atoms with Crippen LogP contribution >= 0.6 is 0 Å². The van der Waals surface area contributed by atoms with E-state index >= 15 is 0 Å². The second kappa shape index (κ2) is 6.28. The fourth-order valence-electron chi connectivity index (χ4n) is 1.26. The van der Waals surface area contributed by atoms with Crippen LogP contribution in [0, 0.1) is 5.92 Å². The van der Waals surface area contributed by atoms with Crippen molar-refractivity contribution < 1.29 is 14.3 Å². The van der Waals surface area contributed by atoms with Crippen LogP contribution in [0.5, 0.6) is 5.75 Å². The van der Waals surface area contributed by atoms with Gasteiger partial charge in [-0.2, -0.15) is 0 Å². The lowest BCUT2D eigenvalue weighted by molar-refractivity contribution is -0.148. The first-order valence-electron chi connectivity index (χ1n) is 5.91. The van der Waals surface area contributed by atoms with Gasteiger partial charge >= 0.3 is 5.97 Å². The Morgan fingerprint density at radius 1 is 1.12 bits per heavy atom. The lowest BCUT2D eigenvalue weighted by atomic mass is 10.2. The first kappa shape index (κ1) is 13.6. The Balaban J connectivity index is 2.48. The van der Waals surface area contributed by atoms with Gasteiger partial charge in [0.2, 0.25) is 0 Å². The number of hydrogen-bond donors (Lipinski definition) is 0. The van der Waals surface area contributed by atoms with Crippen molar-refractivity contribution in [1.29, 1.82) is 0 Å². The number of ether oxygens (including phenoxy) is 2. The van der Waals surface area contributed by atoms with Crippen molar-refractivity contribution in [2.75, 3.05) is 0 Å². The summed E-state index contributed by atoms with van der Waals surface area (Å²) in [4.78, 5) is 11.3. The molecule has 0 saturated carbocycles. The molecule has 0 fully saturated rings. The molecule has 3 heteroatoms. The molecule has 0 spiro atoms. The van der Waals surface area contributed by atoms with E-state index in [0.717, 1.165) is 11.3 Å². The van der Waals surface area contributed by atoms with Gasteiger partial charge in [-0.05, 0) is 31.5 Å². The van der Waals surface area contributed by atoms with Crippen LogP contribution < -0.4 is 4.74 Å². The highest BCUT2D eigenvalue weighted by molar-refractivity contribution is 5.71. The number of esters is 1. The van der Waals surface area contributed by atoms with Crippen molar-refractivity contribution in [2.45, 2.75) is 40.4 Å². The van der Waals surface area contributed by atoms with Gasteiger partial charge in [0.15, 0.2) is 0 Å². The Morgan fingerprint density at radius 2 is 1.71 bits per heavy atom. The zero-order chi connectivity index (χ0) is 12.8. The van der Waals surface area contributed by atoms with Crippen LogP contribution in [0.2, 0.25) is 0 Å². The molecule has 1 aromatic carbocycles. The maximum atomic E-state index is 11.3. The Morgan fingerprint density at radius 3 is 2.18 bits per heavy atom. The van der Waals surface area contributed by atoms with Gasteiger partial charge in [0.25, 0.3) is 0 Å². The molecule has 1 aromatic rings. The molecular formula is C14H20O3. The maximum absolute atomic E-state index is 11.3. The maximum Gasteiger partial charge on any atom is 0.308 e. The zero-order valence-electron chi connectivity index (χ0n) is 10.9. The molecule has 0 amide bonds. The summed E-state index contributed by atoms with van der Waals surface area (Å²) in [7, 11) is 0. The molecular weight excluding hydrogens is 216 g/mol. The minimum atomic E-state index is -0.174. The van der Waals surface area contributed by atoms with Crippen LogP contribution in [0.3, 0.4) is 0 Å². The molecule has 0 saturated heterocycles. The van der Waals surface area contributed by atoms with Crippen LogP contribution in [-0.2, 0) is 16.1 Å². The molecule has 17 heavy (non-hydrogen) atoms. The standard InChI is InChI=1S/C14H20O3/c1-10(2)14(15)16-9-12-5-7-13(8-6-12)17-11(3)4/h5-8,10-11H,9H2,1-4H3. The molecule has 1 rings (SSSR count). The van der Waals surface area contributed by atoms with Gasteiger partial charge in [-0.3, -0.25) is 4.79 Å². The summed E-state index contributed by atoms with van der Waals surface area (Å²) < 4.78 is 10.7. The first-order chi connectivity index (χ1) is 7.99. The minimum Gasteiger partial charge on any atom is -0.491 e. The van der Waals surface area contributed by atoms with E-state index in [9.17, 15) is 4.79 Å². The zero-order valence-corrected chi connectivity index (χ0v) is 10.9. The molecule has 0 N–H and O–H groups in total. The molecule has 0 bridgehead atoms. The summed E-state index contributed by atoms with van der Waals surface area (Å²) in [5.74, 6) is 0.574. The largest absolute Gasteiger partial charge is 0.491 e. The van der Waals surface area contributed by atoms with Crippen LogP contribution in [0.1, 0.15) is 33.3 Å². The van der Waals surface area contributed by atoms with E-state index in [4.69, 9.17) is 9.47 Å². The van der Waals surface area contributed by atoms with Gasteiger partial charge in [0.05, 0.1) is 12.0 Å². The Hall–Kier alpha value is -1.51. The third-order valence-electron chi connectivity index (χ3n) is 2.15. The quantitative estimate of drug-likeness (QED) is 0.737. The molecule has 0 unspecified atom stereocenters. The fourth-order valence-corrected chi connectivity index (χ4v) is 1.26. The van der Waals surface area contributed by atoms with Gasteiger partial charge in [0.1, 0.15) is 12.4 Å². The predicted molar refractivity (Wildman–Crippen MR) is 66.8 cm³/mol. The lowest BCUT2D eigenvalue weighted by Gasteiger charge is -2.10. The van der Waals surface area contributed by atoms with Crippen molar-refractivity contribution in [3.8, 4) is 5.75 Å². The number of hydrogen-bond acceptors (Lipinski definition) is 3. The molecule has 94 valence electrons. The van der Waals surface area contributed by atoms with Crippen LogP contribution in [0.25, 0.3) is 0 Å². The van der Waals surface area contributed by atoms with Crippen LogP contribution in [0.4, 0.5) is 0 Å². The summed E-state index contributed by atoms with van der Waals surface area (Å²) in [6.45, 7) is 7.93. The summed E-state index contributed by atoms with van der Waals surface area (Å²) in [5.41, 5.74) is 0.968. The highest BCUT2D eigenvalue weighted by Crippen LogP contribution is 2.14. The Bertz CT molecular complexity index is 352. The Labute approximate surface area is 103 Å². The van der Waals surface area contributed by atoms with E-state index in [0.29, 0.717) is 6.61 Å². The van der Waals surface area contributed by atoms with Gasteiger partial charge in [0, 0.05) is 0 Å². The van der Waals surface area contributed by atoms with E-state index in [1.165, 1.54) is 0 Å². The van der Waals surface area contributed by atoms with Gasteiger partial charge in [-0.1, -0.05) is 26.0 Å². The monoisotopic (exact) mass is 236 g/mol. The number of carbonyl (C=O) groups excluding carboxylic acids is 1. The highest BCUT2D eigenvalue weighted by atomic mass is 16.5. The smallest absolute Gasteiger partial charge is 0.308 e. The molecule has 3 nitrogen and oxygen atoms in total. The van der Waals surface area contributed by atoms with Crippen LogP contribution in [0.15, 0.2) is 24.3 Å². The molecule has 0 aromatic heterocycles. The second-order valence-corrected chi connectivity index (χ2v) is 4.57. The van der Waals surface area contributed by atoms with Crippen LogP contribution in [-0.4, -0.2) is 12.1 Å². The second-order valence-electron chi connectivity index (χ2n) is 4.57. The summed E-state index contributed by atoms with van der Waals surface area (Å²) in [6.07, 6.45) is 0.166. The minimum absolute atomic E-state index is 0.0847. The normalized spacial score (nSPS) is 10.7. The average Bonchev–Trinajstić information content (AvgIpc) is 2.26. The van der Waals surface area contributed by atoms with Crippen molar-refractivity contribution >= 4 is 5.97 Å². The molecule has 0 heterocycles. The average molecular weight is 236 g/mol. The number of rotatable bonds is 5. The van der Waals surface area contributed by atoms with E-state index in [2.05, 4.69) is 0 Å². The summed E-state index contributed by atoms with van der Waals surface area (Å²) in [5, 5.41) is 0. The van der Waals surface area contributed by atoms with Crippen molar-refractivity contribution in [3.63, 3.8) is 0 Å². The first-order valence-corrected chi connectivity index (χ1v) is 5.91. The van der Waals surface area contributed by atoms with E-state index in [1.54, 1.807) is 0 Å². The predicted octanol–water partition coefficient (Wildman–Crippen LogP) is 3.17. The van der Waals surface area contributed by atoms with Gasteiger partial charge in [-0.15, -0.1) is 0 Å². The van der Waals surface area contributed by atoms with Crippen molar-refractivity contribution in [3.05, 3.63) is 29.8 Å². The van der Waals surface area contributed by atoms with E-state index in [-0.39, 0.29) is 18.0 Å².